The van der Waals surface area contributed by atoms with E-state index in [9.17, 15) is 18.0 Å². The van der Waals surface area contributed by atoms with Gasteiger partial charge in [0.25, 0.3) is 10.0 Å². The zero-order valence-corrected chi connectivity index (χ0v) is 24.8. The van der Waals surface area contributed by atoms with Crippen LogP contribution < -0.4 is 9.62 Å². The summed E-state index contributed by atoms with van der Waals surface area (Å²) < 4.78 is 28.7. The molecule has 3 aromatic carbocycles. The highest BCUT2D eigenvalue weighted by atomic mass is 35.5. The van der Waals surface area contributed by atoms with E-state index in [1.54, 1.807) is 31.2 Å². The molecule has 1 aliphatic carbocycles. The van der Waals surface area contributed by atoms with Crippen LogP contribution in [0.5, 0.6) is 0 Å². The van der Waals surface area contributed by atoms with Crippen LogP contribution in [0.4, 0.5) is 5.69 Å². The van der Waals surface area contributed by atoms with Gasteiger partial charge in [-0.3, -0.25) is 13.9 Å². The van der Waals surface area contributed by atoms with Gasteiger partial charge in [-0.25, -0.2) is 8.42 Å². The Morgan fingerprint density at radius 1 is 0.975 bits per heavy atom. The van der Waals surface area contributed by atoms with Gasteiger partial charge < -0.3 is 10.2 Å². The normalized spacial score (nSPS) is 14.5. The predicted molar refractivity (Wildman–Crippen MR) is 159 cm³/mol. The molecular formula is C30H33Cl2N3O4S. The summed E-state index contributed by atoms with van der Waals surface area (Å²) in [6, 6.07) is 19.1. The summed E-state index contributed by atoms with van der Waals surface area (Å²) in [5.74, 6) is -0.822. The smallest absolute Gasteiger partial charge is 0.264 e. The standard InChI is InChI=1S/C30H33Cl2N3O4S/c1-21-9-8-10-23(17-21)19-34(22(2)30(37)33-25-11-6-7-12-25)29(36)20-35(28-18-24(31)15-16-27(28)32)40(38,39)26-13-4-3-5-14-26/h3-5,8-10,13-18,22,25H,6-7,11-12,19-20H2,1-2H3,(H,33,37). The maximum absolute atomic E-state index is 14.0. The van der Waals surface area contributed by atoms with E-state index in [-0.39, 0.29) is 39.1 Å². The van der Waals surface area contributed by atoms with Gasteiger partial charge in [0.05, 0.1) is 15.6 Å². The van der Waals surface area contributed by atoms with E-state index >= 15 is 0 Å². The van der Waals surface area contributed by atoms with Crippen molar-refractivity contribution in [3.05, 3.63) is 94.0 Å². The van der Waals surface area contributed by atoms with E-state index in [1.807, 2.05) is 31.2 Å². The Balaban J connectivity index is 1.71. The van der Waals surface area contributed by atoms with Gasteiger partial charge in [0.1, 0.15) is 12.6 Å². The van der Waals surface area contributed by atoms with Crippen molar-refractivity contribution >= 4 is 50.7 Å². The highest BCUT2D eigenvalue weighted by molar-refractivity contribution is 7.92. The number of carbonyl (C=O) groups is 2. The van der Waals surface area contributed by atoms with Crippen molar-refractivity contribution < 1.29 is 18.0 Å². The van der Waals surface area contributed by atoms with Gasteiger partial charge in [-0.05, 0) is 62.6 Å². The number of hydrogen-bond acceptors (Lipinski definition) is 4. The molecule has 0 radical (unpaired) electrons. The first-order chi connectivity index (χ1) is 19.1. The summed E-state index contributed by atoms with van der Waals surface area (Å²) >= 11 is 12.7. The molecule has 1 N–H and O–H groups in total. The highest BCUT2D eigenvalue weighted by Gasteiger charge is 2.34. The topological polar surface area (TPSA) is 86.8 Å². The fourth-order valence-electron chi connectivity index (χ4n) is 4.89. The van der Waals surface area contributed by atoms with Crippen molar-refractivity contribution in [2.75, 3.05) is 10.8 Å². The van der Waals surface area contributed by atoms with Crippen molar-refractivity contribution in [3.63, 3.8) is 0 Å². The van der Waals surface area contributed by atoms with Crippen molar-refractivity contribution in [1.29, 1.82) is 0 Å². The summed E-state index contributed by atoms with van der Waals surface area (Å²) in [5.41, 5.74) is 1.91. The molecule has 0 spiro atoms. The number of amides is 2. The molecule has 0 heterocycles. The van der Waals surface area contributed by atoms with Gasteiger partial charge in [0.2, 0.25) is 11.8 Å². The molecule has 40 heavy (non-hydrogen) atoms. The van der Waals surface area contributed by atoms with Crippen LogP contribution in [0.2, 0.25) is 10.0 Å². The van der Waals surface area contributed by atoms with Crippen LogP contribution in [0.1, 0.15) is 43.7 Å². The zero-order chi connectivity index (χ0) is 28.9. The Kier molecular flexibility index (Phi) is 9.77. The van der Waals surface area contributed by atoms with Crippen LogP contribution >= 0.6 is 23.2 Å². The largest absolute Gasteiger partial charge is 0.352 e. The molecule has 1 atom stereocenters. The molecule has 1 saturated carbocycles. The molecular weight excluding hydrogens is 569 g/mol. The van der Waals surface area contributed by atoms with E-state index in [4.69, 9.17) is 23.2 Å². The minimum absolute atomic E-state index is 0.00361. The zero-order valence-electron chi connectivity index (χ0n) is 22.5. The van der Waals surface area contributed by atoms with E-state index in [0.717, 1.165) is 41.1 Å². The third kappa shape index (κ3) is 7.16. The van der Waals surface area contributed by atoms with E-state index in [0.29, 0.717) is 0 Å². The van der Waals surface area contributed by atoms with Gasteiger partial charge in [0.15, 0.2) is 0 Å². The van der Waals surface area contributed by atoms with E-state index < -0.39 is 28.5 Å². The second-order valence-electron chi connectivity index (χ2n) is 10.1. The number of nitrogens with zero attached hydrogens (tertiary/aromatic N) is 2. The molecule has 1 fully saturated rings. The lowest BCUT2D eigenvalue weighted by Gasteiger charge is -2.32. The molecule has 10 heteroatoms. The van der Waals surface area contributed by atoms with Crippen molar-refractivity contribution in [2.45, 2.75) is 63.1 Å². The molecule has 0 aromatic heterocycles. The Morgan fingerprint density at radius 2 is 1.68 bits per heavy atom. The summed E-state index contributed by atoms with van der Waals surface area (Å²) in [4.78, 5) is 28.8. The monoisotopic (exact) mass is 601 g/mol. The SMILES string of the molecule is Cc1cccc(CN(C(=O)CN(c2cc(Cl)ccc2Cl)S(=O)(=O)c2ccccc2)C(C)C(=O)NC2CCCC2)c1. The average Bonchev–Trinajstić information content (AvgIpc) is 3.45. The molecule has 212 valence electrons. The number of rotatable bonds is 10. The van der Waals surface area contributed by atoms with E-state index in [2.05, 4.69) is 5.32 Å². The van der Waals surface area contributed by atoms with Gasteiger partial charge in [-0.1, -0.05) is 84.1 Å². The Morgan fingerprint density at radius 3 is 2.35 bits per heavy atom. The van der Waals surface area contributed by atoms with Crippen molar-refractivity contribution in [2.24, 2.45) is 0 Å². The Labute approximate surface area is 246 Å². The molecule has 0 aliphatic heterocycles. The first kappa shape index (κ1) is 29.9. The Hall–Kier alpha value is -3.07. The quantitative estimate of drug-likeness (QED) is 0.310. The highest BCUT2D eigenvalue weighted by Crippen LogP contribution is 2.33. The number of nitrogens with one attached hydrogen (secondary N) is 1. The molecule has 1 unspecified atom stereocenters. The summed E-state index contributed by atoms with van der Waals surface area (Å²) in [5, 5.41) is 3.45. The van der Waals surface area contributed by atoms with Crippen LogP contribution in [-0.2, 0) is 26.2 Å². The number of sulfonamides is 1. The maximum atomic E-state index is 14.0. The molecule has 4 rings (SSSR count). The minimum atomic E-state index is -4.22. The average molecular weight is 603 g/mol. The first-order valence-electron chi connectivity index (χ1n) is 13.2. The van der Waals surface area contributed by atoms with Gasteiger partial charge in [-0.2, -0.15) is 0 Å². The maximum Gasteiger partial charge on any atom is 0.264 e. The number of halogens is 2. The van der Waals surface area contributed by atoms with Crippen molar-refractivity contribution in [1.82, 2.24) is 10.2 Å². The van der Waals surface area contributed by atoms with Gasteiger partial charge >= 0.3 is 0 Å². The molecule has 2 amide bonds. The number of aryl methyl sites for hydroxylation is 1. The fraction of sp³-hybridized carbons (Fsp3) is 0.333. The lowest BCUT2D eigenvalue weighted by molar-refractivity contribution is -0.139. The fourth-order valence-corrected chi connectivity index (χ4v) is 6.77. The summed E-state index contributed by atoms with van der Waals surface area (Å²) in [6.45, 7) is 3.16. The van der Waals surface area contributed by atoms with Gasteiger partial charge in [-0.15, -0.1) is 0 Å². The van der Waals surface area contributed by atoms with Crippen LogP contribution in [0, 0.1) is 6.92 Å². The molecule has 0 saturated heterocycles. The number of benzene rings is 3. The number of carbonyl (C=O) groups excluding carboxylic acids is 2. The van der Waals surface area contributed by atoms with Crippen molar-refractivity contribution in [3.8, 4) is 0 Å². The van der Waals surface area contributed by atoms with Gasteiger partial charge in [0, 0.05) is 17.6 Å². The van der Waals surface area contributed by atoms with E-state index in [1.165, 1.54) is 29.2 Å². The molecule has 7 nitrogen and oxygen atoms in total. The Bertz CT molecular complexity index is 1460. The molecule has 3 aromatic rings. The van der Waals surface area contributed by atoms with Crippen LogP contribution in [0.3, 0.4) is 0 Å². The summed E-state index contributed by atoms with van der Waals surface area (Å²) in [6.07, 6.45) is 3.91. The van der Waals surface area contributed by atoms with Crippen LogP contribution in [-0.4, -0.2) is 43.8 Å². The molecule has 1 aliphatic rings. The second kappa shape index (κ2) is 13.1. The summed E-state index contributed by atoms with van der Waals surface area (Å²) in [7, 11) is -4.22. The minimum Gasteiger partial charge on any atom is -0.352 e. The lowest BCUT2D eigenvalue weighted by Crippen LogP contribution is -2.52. The van der Waals surface area contributed by atoms with Crippen LogP contribution in [0.25, 0.3) is 0 Å². The third-order valence-corrected chi connectivity index (χ3v) is 9.42. The molecule has 0 bridgehead atoms. The number of hydrogen-bond donors (Lipinski definition) is 1. The second-order valence-corrected chi connectivity index (χ2v) is 12.8. The predicted octanol–water partition coefficient (Wildman–Crippen LogP) is 5.97. The number of anilines is 1. The first-order valence-corrected chi connectivity index (χ1v) is 15.4. The van der Waals surface area contributed by atoms with Crippen LogP contribution in [0.15, 0.2) is 77.7 Å². The lowest BCUT2D eigenvalue weighted by atomic mass is 10.1. The third-order valence-electron chi connectivity index (χ3n) is 7.09.